The minimum Gasteiger partial charge on any atom is -0.390 e. The minimum absolute atomic E-state index is 0.00670. The number of nitrogens with one attached hydrogen (secondary N) is 1. The molecule has 0 spiro atoms. The summed E-state index contributed by atoms with van der Waals surface area (Å²) in [4.78, 5) is 34.2. The van der Waals surface area contributed by atoms with Gasteiger partial charge in [-0.2, -0.15) is 29.9 Å². The van der Waals surface area contributed by atoms with Gasteiger partial charge in [0.15, 0.2) is 5.16 Å². The first-order valence-electron chi connectivity index (χ1n) is 5.56. The molecule has 3 N–H and O–H groups in total. The summed E-state index contributed by atoms with van der Waals surface area (Å²) in [6.07, 6.45) is 0. The summed E-state index contributed by atoms with van der Waals surface area (Å²) in [5.41, 5.74) is 5.36. The number of hydrogen-bond acceptors (Lipinski definition) is 11. The third kappa shape index (κ3) is 4.79. The molecule has 0 bridgehead atoms. The lowest BCUT2D eigenvalue weighted by atomic mass is 10.8. The molecule has 0 unspecified atom stereocenters. The summed E-state index contributed by atoms with van der Waals surface area (Å²) in [5, 5.41) is 2.81. The Morgan fingerprint density at radius 2 is 1.91 bits per heavy atom. The van der Waals surface area contributed by atoms with Crippen molar-refractivity contribution in [2.75, 3.05) is 23.9 Å². The molecule has 0 aliphatic carbocycles. The highest BCUT2D eigenvalue weighted by molar-refractivity contribution is 7.99. The zero-order valence-corrected chi connectivity index (χ0v) is 13.3. The standard InChI is InChI=1S/C9H8Cl2N8O2S/c1-13-7-15-5(11)17-9(19-7)22-2-3(20)21-8-16-4(10)14-6(12)18-8/h2H2,1H3,(H2,12,14,16,18)(H,13,15,17,19). The van der Waals surface area contributed by atoms with Gasteiger partial charge < -0.3 is 15.8 Å². The van der Waals surface area contributed by atoms with Crippen LogP contribution in [0.2, 0.25) is 10.6 Å². The smallest absolute Gasteiger partial charge is 0.330 e. The zero-order valence-electron chi connectivity index (χ0n) is 10.9. The fourth-order valence-electron chi connectivity index (χ4n) is 1.16. The van der Waals surface area contributed by atoms with Gasteiger partial charge in [-0.15, -0.1) is 0 Å². The number of carbonyl (C=O) groups is 1. The molecule has 2 heterocycles. The van der Waals surface area contributed by atoms with Gasteiger partial charge >= 0.3 is 12.0 Å². The van der Waals surface area contributed by atoms with Crippen LogP contribution in [0.5, 0.6) is 6.01 Å². The van der Waals surface area contributed by atoms with E-state index in [-0.39, 0.29) is 39.4 Å². The van der Waals surface area contributed by atoms with Crippen LogP contribution >= 0.6 is 35.0 Å². The van der Waals surface area contributed by atoms with Crippen molar-refractivity contribution in [2.45, 2.75) is 5.16 Å². The number of anilines is 2. The molecule has 0 fully saturated rings. The highest BCUT2D eigenvalue weighted by Crippen LogP contribution is 2.17. The Labute approximate surface area is 138 Å². The Hall–Kier alpha value is -1.98. The zero-order chi connectivity index (χ0) is 16.1. The van der Waals surface area contributed by atoms with E-state index < -0.39 is 5.97 Å². The maximum Gasteiger partial charge on any atom is 0.330 e. The van der Waals surface area contributed by atoms with E-state index in [9.17, 15) is 4.79 Å². The molecule has 2 rings (SSSR count). The maximum absolute atomic E-state index is 11.7. The van der Waals surface area contributed by atoms with Gasteiger partial charge in [-0.05, 0) is 23.2 Å². The van der Waals surface area contributed by atoms with Crippen molar-refractivity contribution in [3.05, 3.63) is 10.6 Å². The average molecular weight is 363 g/mol. The second-order valence-corrected chi connectivity index (χ2v) is 5.09. The van der Waals surface area contributed by atoms with Gasteiger partial charge in [-0.1, -0.05) is 11.8 Å². The minimum atomic E-state index is -0.644. The van der Waals surface area contributed by atoms with Crippen molar-refractivity contribution < 1.29 is 9.53 Å². The fourth-order valence-corrected chi connectivity index (χ4v) is 2.13. The van der Waals surface area contributed by atoms with Crippen LogP contribution in [-0.4, -0.2) is 48.7 Å². The number of rotatable bonds is 5. The third-order valence-corrected chi connectivity index (χ3v) is 3.10. The Morgan fingerprint density at radius 3 is 2.59 bits per heavy atom. The Morgan fingerprint density at radius 1 is 1.18 bits per heavy atom. The van der Waals surface area contributed by atoms with Gasteiger partial charge in [0, 0.05) is 7.05 Å². The molecule has 2 aromatic heterocycles. The van der Waals surface area contributed by atoms with E-state index in [0.29, 0.717) is 0 Å². The Bertz CT molecular complexity index is 683. The number of hydrogen-bond donors (Lipinski definition) is 2. The van der Waals surface area contributed by atoms with Crippen LogP contribution in [0, 0.1) is 0 Å². The molecule has 0 atom stereocenters. The lowest BCUT2D eigenvalue weighted by Crippen LogP contribution is -2.14. The van der Waals surface area contributed by atoms with Gasteiger partial charge in [-0.25, -0.2) is 0 Å². The van der Waals surface area contributed by atoms with Crippen molar-refractivity contribution in [1.29, 1.82) is 0 Å². The van der Waals surface area contributed by atoms with Gasteiger partial charge in [0.1, 0.15) is 0 Å². The number of nitrogens with zero attached hydrogens (tertiary/aromatic N) is 6. The number of thioether (sulfide) groups is 1. The van der Waals surface area contributed by atoms with Crippen LogP contribution in [0.25, 0.3) is 0 Å². The summed E-state index contributed by atoms with van der Waals surface area (Å²) in [6, 6.07) is -0.285. The normalized spacial score (nSPS) is 10.3. The van der Waals surface area contributed by atoms with Crippen LogP contribution in [0.1, 0.15) is 0 Å². The van der Waals surface area contributed by atoms with Crippen LogP contribution in [0.15, 0.2) is 5.16 Å². The second kappa shape index (κ2) is 7.33. The van der Waals surface area contributed by atoms with E-state index in [2.05, 4.69) is 35.2 Å². The van der Waals surface area contributed by atoms with Crippen LogP contribution in [0.3, 0.4) is 0 Å². The number of halogens is 2. The monoisotopic (exact) mass is 362 g/mol. The number of nitrogens with two attached hydrogens (primary N) is 1. The van der Waals surface area contributed by atoms with Gasteiger partial charge in [0.2, 0.25) is 22.5 Å². The second-order valence-electron chi connectivity index (χ2n) is 3.47. The fraction of sp³-hybridized carbons (Fsp3) is 0.222. The topological polar surface area (TPSA) is 142 Å². The molecule has 0 saturated carbocycles. The van der Waals surface area contributed by atoms with E-state index in [1.807, 2.05) is 0 Å². The summed E-state index contributed by atoms with van der Waals surface area (Å²) >= 11 is 12.3. The number of nitrogen functional groups attached to an aromatic ring is 1. The highest BCUT2D eigenvalue weighted by Gasteiger charge is 2.12. The lowest BCUT2D eigenvalue weighted by Gasteiger charge is -2.04. The Kier molecular flexibility index (Phi) is 5.46. The summed E-state index contributed by atoms with van der Waals surface area (Å²) in [6.45, 7) is 0. The first-order valence-corrected chi connectivity index (χ1v) is 7.30. The van der Waals surface area contributed by atoms with Crippen molar-refractivity contribution in [1.82, 2.24) is 29.9 Å². The summed E-state index contributed by atoms with van der Waals surface area (Å²) < 4.78 is 4.88. The van der Waals surface area contributed by atoms with Crippen molar-refractivity contribution >= 4 is 52.8 Å². The highest BCUT2D eigenvalue weighted by atomic mass is 35.5. The lowest BCUT2D eigenvalue weighted by molar-refractivity contribution is -0.131. The number of esters is 1. The van der Waals surface area contributed by atoms with Crippen molar-refractivity contribution in [2.24, 2.45) is 0 Å². The molecule has 10 nitrogen and oxygen atoms in total. The Balaban J connectivity index is 1.96. The van der Waals surface area contributed by atoms with Gasteiger partial charge in [0.05, 0.1) is 5.75 Å². The quantitative estimate of drug-likeness (QED) is 0.572. The third-order valence-electron chi connectivity index (χ3n) is 1.94. The molecule has 2 aromatic rings. The van der Waals surface area contributed by atoms with Gasteiger partial charge in [-0.3, -0.25) is 4.79 Å². The van der Waals surface area contributed by atoms with Crippen LogP contribution in [0.4, 0.5) is 11.9 Å². The predicted molar refractivity (Wildman–Crippen MR) is 80.0 cm³/mol. The molecule has 0 aliphatic rings. The molecule has 0 saturated heterocycles. The average Bonchev–Trinajstić information content (AvgIpc) is 2.43. The largest absolute Gasteiger partial charge is 0.390 e. The molecule has 0 aromatic carbocycles. The number of carbonyl (C=O) groups excluding carboxylic acids is 1. The number of ether oxygens (including phenoxy) is 1. The maximum atomic E-state index is 11.7. The van der Waals surface area contributed by atoms with Crippen molar-refractivity contribution in [3.63, 3.8) is 0 Å². The molecule has 13 heteroatoms. The first-order chi connectivity index (χ1) is 10.5. The molecular formula is C9H8Cl2N8O2S. The molecule has 22 heavy (non-hydrogen) atoms. The molecule has 116 valence electrons. The van der Waals surface area contributed by atoms with Crippen LogP contribution in [-0.2, 0) is 4.79 Å². The first kappa shape index (κ1) is 16.4. The van der Waals surface area contributed by atoms with Crippen LogP contribution < -0.4 is 15.8 Å². The van der Waals surface area contributed by atoms with E-state index in [4.69, 9.17) is 33.7 Å². The van der Waals surface area contributed by atoms with Crippen molar-refractivity contribution in [3.8, 4) is 6.01 Å². The van der Waals surface area contributed by atoms with E-state index >= 15 is 0 Å². The number of aromatic nitrogens is 6. The molecule has 0 radical (unpaired) electrons. The molecule has 0 amide bonds. The van der Waals surface area contributed by atoms with Gasteiger partial charge in [0.25, 0.3) is 0 Å². The van der Waals surface area contributed by atoms with E-state index in [0.717, 1.165) is 11.8 Å². The SMILES string of the molecule is CNc1nc(Cl)nc(SCC(=O)Oc2nc(N)nc(Cl)n2)n1. The predicted octanol–water partition coefficient (Wildman–Crippen LogP) is 0.685. The van der Waals surface area contributed by atoms with E-state index in [1.165, 1.54) is 0 Å². The summed E-state index contributed by atoms with van der Waals surface area (Å²) in [7, 11) is 1.63. The summed E-state index contributed by atoms with van der Waals surface area (Å²) in [5.74, 6) is -0.618. The molecule has 0 aliphatic heterocycles. The van der Waals surface area contributed by atoms with E-state index in [1.54, 1.807) is 7.05 Å². The molecular weight excluding hydrogens is 355 g/mol.